The summed E-state index contributed by atoms with van der Waals surface area (Å²) >= 11 is 3.15. The molecule has 0 saturated carbocycles. The molecule has 0 bridgehead atoms. The average molecular weight is 445 g/mol. The van der Waals surface area contributed by atoms with Gasteiger partial charge in [0.25, 0.3) is 10.0 Å². The number of methoxy groups -OCH3 is 1. The SMILES string of the molecule is COC(=O)c1cc(S(=O)(=O)Nc2ccc(F)c(NC(C)=O)c2)ccc1Br. The summed E-state index contributed by atoms with van der Waals surface area (Å²) in [6.45, 7) is 1.20. The Morgan fingerprint density at radius 3 is 2.46 bits per heavy atom. The Balaban J connectivity index is 2.37. The molecule has 2 N–H and O–H groups in total. The van der Waals surface area contributed by atoms with Crippen LogP contribution in [-0.2, 0) is 19.6 Å². The molecule has 10 heteroatoms. The summed E-state index contributed by atoms with van der Waals surface area (Å²) in [5, 5.41) is 2.26. The summed E-state index contributed by atoms with van der Waals surface area (Å²) in [7, 11) is -2.89. The van der Waals surface area contributed by atoms with Gasteiger partial charge in [0.2, 0.25) is 5.91 Å². The third-order valence-corrected chi connectivity index (χ3v) is 5.25. The molecule has 7 nitrogen and oxygen atoms in total. The fourth-order valence-corrected chi connectivity index (χ4v) is 3.51. The molecule has 0 spiro atoms. The molecule has 0 aliphatic heterocycles. The molecule has 2 aromatic carbocycles. The molecule has 0 radical (unpaired) electrons. The zero-order valence-electron chi connectivity index (χ0n) is 13.7. The van der Waals surface area contributed by atoms with Crippen LogP contribution in [0.15, 0.2) is 45.8 Å². The first-order valence-electron chi connectivity index (χ1n) is 7.12. The predicted octanol–water partition coefficient (Wildman–Crippen LogP) is 3.13. The van der Waals surface area contributed by atoms with Gasteiger partial charge in [0.15, 0.2) is 0 Å². The van der Waals surface area contributed by atoms with Crippen LogP contribution in [0.3, 0.4) is 0 Å². The first-order valence-corrected chi connectivity index (χ1v) is 9.39. The number of hydrogen-bond acceptors (Lipinski definition) is 5. The quantitative estimate of drug-likeness (QED) is 0.689. The van der Waals surface area contributed by atoms with Crippen LogP contribution in [0.25, 0.3) is 0 Å². The highest BCUT2D eigenvalue weighted by Gasteiger charge is 2.19. The van der Waals surface area contributed by atoms with Crippen molar-refractivity contribution in [1.29, 1.82) is 0 Å². The number of rotatable bonds is 5. The summed E-state index contributed by atoms with van der Waals surface area (Å²) in [6.07, 6.45) is 0. The van der Waals surface area contributed by atoms with Gasteiger partial charge in [-0.1, -0.05) is 0 Å². The van der Waals surface area contributed by atoms with E-state index < -0.39 is 27.7 Å². The highest BCUT2D eigenvalue weighted by Crippen LogP contribution is 2.25. The molecule has 2 rings (SSSR count). The minimum Gasteiger partial charge on any atom is -0.465 e. The molecule has 0 saturated heterocycles. The van der Waals surface area contributed by atoms with E-state index >= 15 is 0 Å². The van der Waals surface area contributed by atoms with Crippen LogP contribution < -0.4 is 10.0 Å². The minimum atomic E-state index is -4.07. The number of esters is 1. The lowest BCUT2D eigenvalue weighted by molar-refractivity contribution is -0.114. The molecule has 0 aromatic heterocycles. The largest absolute Gasteiger partial charge is 0.465 e. The van der Waals surface area contributed by atoms with E-state index in [0.29, 0.717) is 4.47 Å². The predicted molar refractivity (Wildman–Crippen MR) is 97.0 cm³/mol. The average Bonchev–Trinajstić information content (AvgIpc) is 2.56. The fraction of sp³-hybridized carbons (Fsp3) is 0.125. The van der Waals surface area contributed by atoms with Crippen molar-refractivity contribution in [3.63, 3.8) is 0 Å². The smallest absolute Gasteiger partial charge is 0.339 e. The topological polar surface area (TPSA) is 102 Å². The Bertz CT molecular complexity index is 979. The summed E-state index contributed by atoms with van der Waals surface area (Å²) in [6, 6.07) is 7.21. The van der Waals surface area contributed by atoms with Crippen molar-refractivity contribution in [1.82, 2.24) is 0 Å². The molecule has 0 unspecified atom stereocenters. The second-order valence-electron chi connectivity index (χ2n) is 5.11. The van der Waals surface area contributed by atoms with Crippen LogP contribution in [0, 0.1) is 5.82 Å². The molecular weight excluding hydrogens is 431 g/mol. The summed E-state index contributed by atoms with van der Waals surface area (Å²) in [5.74, 6) is -1.91. The number of carbonyl (C=O) groups excluding carboxylic acids is 2. The van der Waals surface area contributed by atoms with E-state index in [1.165, 1.54) is 32.2 Å². The van der Waals surface area contributed by atoms with E-state index in [9.17, 15) is 22.4 Å². The monoisotopic (exact) mass is 444 g/mol. The zero-order valence-corrected chi connectivity index (χ0v) is 16.1. The summed E-state index contributed by atoms with van der Waals surface area (Å²) in [5.41, 5.74) is -0.0881. The molecule has 0 heterocycles. The Labute approximate surface area is 157 Å². The molecule has 1 amide bonds. The van der Waals surface area contributed by atoms with E-state index in [2.05, 4.69) is 30.7 Å². The summed E-state index contributed by atoms with van der Waals surface area (Å²) < 4.78 is 46.0. The maximum absolute atomic E-state index is 13.7. The van der Waals surface area contributed by atoms with Crippen LogP contribution in [0.2, 0.25) is 0 Å². The lowest BCUT2D eigenvalue weighted by Gasteiger charge is -2.12. The van der Waals surface area contributed by atoms with Crippen molar-refractivity contribution in [3.05, 3.63) is 52.3 Å². The number of ether oxygens (including phenoxy) is 1. The van der Waals surface area contributed by atoms with Crippen LogP contribution in [0.4, 0.5) is 15.8 Å². The van der Waals surface area contributed by atoms with Gasteiger partial charge in [0, 0.05) is 11.4 Å². The van der Waals surface area contributed by atoms with E-state index in [1.807, 2.05) is 0 Å². The van der Waals surface area contributed by atoms with E-state index in [4.69, 9.17) is 0 Å². The highest BCUT2D eigenvalue weighted by molar-refractivity contribution is 9.10. The van der Waals surface area contributed by atoms with E-state index in [1.54, 1.807) is 0 Å². The van der Waals surface area contributed by atoms with Crippen LogP contribution in [-0.4, -0.2) is 27.4 Å². The van der Waals surface area contributed by atoms with Gasteiger partial charge in [-0.25, -0.2) is 17.6 Å². The molecule has 0 fully saturated rings. The molecule has 2 aromatic rings. The second-order valence-corrected chi connectivity index (χ2v) is 7.65. The van der Waals surface area contributed by atoms with Gasteiger partial charge in [-0.05, 0) is 52.3 Å². The van der Waals surface area contributed by atoms with Crippen molar-refractivity contribution in [2.75, 3.05) is 17.1 Å². The number of amides is 1. The lowest BCUT2D eigenvalue weighted by Crippen LogP contribution is -2.15. The first-order chi connectivity index (χ1) is 12.1. The van der Waals surface area contributed by atoms with Gasteiger partial charge in [0.1, 0.15) is 5.82 Å². The lowest BCUT2D eigenvalue weighted by atomic mass is 10.2. The third-order valence-electron chi connectivity index (χ3n) is 3.18. The number of carbonyl (C=O) groups is 2. The van der Waals surface area contributed by atoms with Gasteiger partial charge in [-0.15, -0.1) is 0 Å². The van der Waals surface area contributed by atoms with Gasteiger partial charge in [-0.3, -0.25) is 9.52 Å². The van der Waals surface area contributed by atoms with Crippen molar-refractivity contribution < 1.29 is 27.1 Å². The van der Waals surface area contributed by atoms with Crippen molar-refractivity contribution in [2.24, 2.45) is 0 Å². The van der Waals surface area contributed by atoms with Crippen LogP contribution in [0.1, 0.15) is 17.3 Å². The Morgan fingerprint density at radius 2 is 1.85 bits per heavy atom. The zero-order chi connectivity index (χ0) is 19.5. The van der Waals surface area contributed by atoms with Crippen molar-refractivity contribution in [3.8, 4) is 0 Å². The molecule has 0 aliphatic carbocycles. The first kappa shape index (κ1) is 19.9. The Morgan fingerprint density at radius 1 is 1.15 bits per heavy atom. The highest BCUT2D eigenvalue weighted by atomic mass is 79.9. The van der Waals surface area contributed by atoms with Crippen molar-refractivity contribution in [2.45, 2.75) is 11.8 Å². The molecular formula is C16H14BrFN2O5S. The van der Waals surface area contributed by atoms with Gasteiger partial charge in [-0.2, -0.15) is 0 Å². The maximum Gasteiger partial charge on any atom is 0.339 e. The number of benzene rings is 2. The van der Waals surface area contributed by atoms with Crippen molar-refractivity contribution >= 4 is 49.2 Å². The summed E-state index contributed by atoms with van der Waals surface area (Å²) in [4.78, 5) is 22.6. The molecule has 138 valence electrons. The standard InChI is InChI=1S/C16H14BrFN2O5S/c1-9(21)19-15-7-10(3-6-14(15)18)20-26(23,24)11-4-5-13(17)12(8-11)16(22)25-2/h3-8,20H,1-2H3,(H,19,21). The Kier molecular flexibility index (Phi) is 5.98. The fourth-order valence-electron chi connectivity index (χ4n) is 2.03. The number of halogens is 2. The van der Waals surface area contributed by atoms with Crippen LogP contribution >= 0.6 is 15.9 Å². The Hall–Kier alpha value is -2.46. The van der Waals surface area contributed by atoms with E-state index in [0.717, 1.165) is 18.2 Å². The molecule has 0 aliphatic rings. The number of anilines is 2. The minimum absolute atomic E-state index is 0.0356. The maximum atomic E-state index is 13.7. The third kappa shape index (κ3) is 4.58. The van der Waals surface area contributed by atoms with Gasteiger partial charge < -0.3 is 10.1 Å². The van der Waals surface area contributed by atoms with E-state index in [-0.39, 0.29) is 21.8 Å². The number of nitrogens with one attached hydrogen (secondary N) is 2. The van der Waals surface area contributed by atoms with Gasteiger partial charge >= 0.3 is 5.97 Å². The number of hydrogen-bond donors (Lipinski definition) is 2. The molecule has 26 heavy (non-hydrogen) atoms. The number of sulfonamides is 1. The van der Waals surface area contributed by atoms with Crippen LogP contribution in [0.5, 0.6) is 0 Å². The molecule has 0 atom stereocenters. The normalized spacial score (nSPS) is 10.9. The second kappa shape index (κ2) is 7.83. The van der Waals surface area contributed by atoms with Gasteiger partial charge in [0.05, 0.1) is 28.9 Å².